The van der Waals surface area contributed by atoms with Gasteiger partial charge in [0, 0.05) is 6.42 Å². The third-order valence-corrected chi connectivity index (χ3v) is 4.36. The van der Waals surface area contributed by atoms with Crippen LogP contribution in [0.25, 0.3) is 0 Å². The number of hydrogen-bond donors (Lipinski definition) is 0. The largest absolute Gasteiger partial charge is 0.465 e. The molecule has 0 saturated carbocycles. The van der Waals surface area contributed by atoms with Crippen molar-refractivity contribution in [3.8, 4) is 0 Å². The van der Waals surface area contributed by atoms with Crippen molar-refractivity contribution in [2.24, 2.45) is 0 Å². The Morgan fingerprint density at radius 2 is 2.05 bits per heavy atom. The molecule has 1 rings (SSSR count). The summed E-state index contributed by atoms with van der Waals surface area (Å²) in [5.74, 6) is -0.648. The van der Waals surface area contributed by atoms with Crippen LogP contribution < -0.4 is 0 Å². The predicted molar refractivity (Wildman–Crippen MR) is 85.6 cm³/mol. The first-order valence-corrected chi connectivity index (χ1v) is 10.8. The van der Waals surface area contributed by atoms with Crippen LogP contribution in [0.15, 0.2) is 23.8 Å². The zero-order chi connectivity index (χ0) is 16.0. The van der Waals surface area contributed by atoms with E-state index in [0.717, 1.165) is 24.8 Å². The topological polar surface area (TPSA) is 52.6 Å². The van der Waals surface area contributed by atoms with Crippen LogP contribution in [0.5, 0.6) is 0 Å². The van der Waals surface area contributed by atoms with Crippen molar-refractivity contribution in [3.63, 3.8) is 0 Å². The predicted octanol–water partition coefficient (Wildman–Crippen LogP) is 3.40. The molecule has 1 atom stereocenters. The smallest absolute Gasteiger partial charge is 0.341 e. The average molecular weight is 310 g/mol. The fraction of sp³-hybridized carbons (Fsp3) is 0.625. The van der Waals surface area contributed by atoms with Gasteiger partial charge in [0.1, 0.15) is 5.57 Å². The summed E-state index contributed by atoms with van der Waals surface area (Å²) in [7, 11) is -0.458. The fourth-order valence-electron chi connectivity index (χ4n) is 2.52. The van der Waals surface area contributed by atoms with Crippen LogP contribution in [0.1, 0.15) is 32.1 Å². The number of ether oxygens (including phenoxy) is 1. The highest BCUT2D eigenvalue weighted by molar-refractivity contribution is 6.69. The Labute approximate surface area is 128 Å². The van der Waals surface area contributed by atoms with Gasteiger partial charge in [0.15, 0.2) is 14.1 Å². The van der Waals surface area contributed by atoms with Crippen molar-refractivity contribution < 1.29 is 18.8 Å². The van der Waals surface area contributed by atoms with Crippen LogP contribution in [-0.4, -0.2) is 33.3 Å². The zero-order valence-corrected chi connectivity index (χ0v) is 14.5. The summed E-state index contributed by atoms with van der Waals surface area (Å²) in [4.78, 5) is 23.8. The average Bonchev–Trinajstić information content (AvgIpc) is 2.77. The summed E-state index contributed by atoms with van der Waals surface area (Å²) in [6.45, 7) is 10.1. The van der Waals surface area contributed by atoms with Crippen LogP contribution >= 0.6 is 0 Å². The summed E-state index contributed by atoms with van der Waals surface area (Å²) >= 11 is 0. The molecule has 1 aliphatic carbocycles. The molecule has 0 aromatic rings. The summed E-state index contributed by atoms with van der Waals surface area (Å²) in [6, 6.07) is 0. The number of Topliss-reactive ketones (excluding diaryl/α,β-unsaturated/α-hetero) is 1. The van der Waals surface area contributed by atoms with Gasteiger partial charge in [-0.3, -0.25) is 4.79 Å². The standard InChI is InChI=1S/C16H26O4Si/c1-6-7-8-9-14(20-21(3,4)5)12-10-11-13(17)15(12)16(18)19-2/h6,14H,1,7-11H2,2-5H3. The number of hydrogen-bond acceptors (Lipinski definition) is 4. The summed E-state index contributed by atoms with van der Waals surface area (Å²) in [5, 5.41) is 0. The molecule has 0 N–H and O–H groups in total. The first-order valence-electron chi connectivity index (χ1n) is 7.43. The zero-order valence-electron chi connectivity index (χ0n) is 13.5. The van der Waals surface area contributed by atoms with Crippen LogP contribution in [-0.2, 0) is 18.8 Å². The van der Waals surface area contributed by atoms with E-state index in [-0.39, 0.29) is 17.5 Å². The molecular formula is C16H26O4Si. The van der Waals surface area contributed by atoms with Gasteiger partial charge in [-0.15, -0.1) is 6.58 Å². The van der Waals surface area contributed by atoms with E-state index in [9.17, 15) is 9.59 Å². The Morgan fingerprint density at radius 1 is 1.38 bits per heavy atom. The van der Waals surface area contributed by atoms with Gasteiger partial charge in [-0.05, 0) is 50.9 Å². The van der Waals surface area contributed by atoms with E-state index in [1.165, 1.54) is 7.11 Å². The van der Waals surface area contributed by atoms with Gasteiger partial charge < -0.3 is 9.16 Å². The lowest BCUT2D eigenvalue weighted by atomic mass is 10.0. The Morgan fingerprint density at radius 3 is 2.57 bits per heavy atom. The maximum Gasteiger partial charge on any atom is 0.341 e. The third kappa shape index (κ3) is 5.25. The van der Waals surface area contributed by atoms with Crippen molar-refractivity contribution in [3.05, 3.63) is 23.8 Å². The molecule has 0 aromatic carbocycles. The molecule has 0 bridgehead atoms. The quantitative estimate of drug-likeness (QED) is 0.227. The minimum Gasteiger partial charge on any atom is -0.465 e. The second kappa shape index (κ2) is 7.71. The molecule has 0 saturated heterocycles. The molecule has 0 amide bonds. The van der Waals surface area contributed by atoms with E-state index in [0.29, 0.717) is 12.8 Å². The summed E-state index contributed by atoms with van der Waals surface area (Å²) in [5.41, 5.74) is 1.05. The molecule has 0 heterocycles. The van der Waals surface area contributed by atoms with Gasteiger partial charge in [-0.2, -0.15) is 0 Å². The Hall–Kier alpha value is -1.20. The fourth-order valence-corrected chi connectivity index (χ4v) is 3.64. The third-order valence-electron chi connectivity index (χ3n) is 3.37. The van der Waals surface area contributed by atoms with Gasteiger partial charge in [0.2, 0.25) is 0 Å². The lowest BCUT2D eigenvalue weighted by Crippen LogP contribution is -2.33. The van der Waals surface area contributed by atoms with Crippen LogP contribution in [0.2, 0.25) is 19.6 Å². The number of carbonyl (C=O) groups excluding carboxylic acids is 2. The van der Waals surface area contributed by atoms with Crippen molar-refractivity contribution in [1.29, 1.82) is 0 Å². The number of methoxy groups -OCH3 is 1. The lowest BCUT2D eigenvalue weighted by Gasteiger charge is -2.28. The maximum atomic E-state index is 12.0. The second-order valence-corrected chi connectivity index (χ2v) is 10.7. The van der Waals surface area contributed by atoms with Crippen molar-refractivity contribution in [2.75, 3.05) is 7.11 Å². The van der Waals surface area contributed by atoms with Gasteiger partial charge in [0.25, 0.3) is 0 Å². The summed E-state index contributed by atoms with van der Waals surface area (Å²) < 4.78 is 11.0. The highest BCUT2D eigenvalue weighted by atomic mass is 28.4. The van der Waals surface area contributed by atoms with Crippen molar-refractivity contribution in [2.45, 2.75) is 57.8 Å². The minimum absolute atomic E-state index is 0.121. The Balaban J connectivity index is 3.03. The molecule has 0 fully saturated rings. The van der Waals surface area contributed by atoms with Gasteiger partial charge >= 0.3 is 5.97 Å². The molecule has 5 heteroatoms. The molecule has 118 valence electrons. The first kappa shape index (κ1) is 17.8. The Kier molecular flexibility index (Phi) is 6.55. The molecule has 0 radical (unpaired) electrons. The highest BCUT2D eigenvalue weighted by Crippen LogP contribution is 2.32. The van der Waals surface area contributed by atoms with Gasteiger partial charge in [-0.1, -0.05) is 6.08 Å². The van der Waals surface area contributed by atoms with Crippen LogP contribution in [0, 0.1) is 0 Å². The number of esters is 1. The number of rotatable bonds is 8. The van der Waals surface area contributed by atoms with Crippen molar-refractivity contribution >= 4 is 20.1 Å². The van der Waals surface area contributed by atoms with E-state index < -0.39 is 14.3 Å². The summed E-state index contributed by atoms with van der Waals surface area (Å²) in [6.07, 6.45) is 5.35. The number of unbranched alkanes of at least 4 members (excludes halogenated alkanes) is 1. The van der Waals surface area contributed by atoms with E-state index in [1.54, 1.807) is 0 Å². The van der Waals surface area contributed by atoms with E-state index in [1.807, 2.05) is 6.08 Å². The monoisotopic (exact) mass is 310 g/mol. The van der Waals surface area contributed by atoms with Crippen LogP contribution in [0.4, 0.5) is 0 Å². The second-order valence-electron chi connectivity index (χ2n) is 6.25. The molecule has 0 spiro atoms. The molecule has 0 aliphatic heterocycles. The molecule has 4 nitrogen and oxygen atoms in total. The number of ketones is 1. The van der Waals surface area contributed by atoms with Crippen LogP contribution in [0.3, 0.4) is 0 Å². The normalized spacial score (nSPS) is 17.0. The van der Waals surface area contributed by atoms with Gasteiger partial charge in [-0.25, -0.2) is 4.79 Å². The molecule has 1 unspecified atom stereocenters. The molecule has 0 aromatic heterocycles. The maximum absolute atomic E-state index is 12.0. The van der Waals surface area contributed by atoms with E-state index in [4.69, 9.17) is 9.16 Å². The highest BCUT2D eigenvalue weighted by Gasteiger charge is 2.35. The molecule has 21 heavy (non-hydrogen) atoms. The van der Waals surface area contributed by atoms with Crippen molar-refractivity contribution in [1.82, 2.24) is 0 Å². The first-order chi connectivity index (χ1) is 9.80. The number of allylic oxidation sites excluding steroid dienone is 1. The van der Waals surface area contributed by atoms with E-state index in [2.05, 4.69) is 26.2 Å². The molecular weight excluding hydrogens is 284 g/mol. The number of carbonyl (C=O) groups is 2. The minimum atomic E-state index is -1.77. The SMILES string of the molecule is C=CCCCC(O[Si](C)(C)C)C1=C(C(=O)OC)C(=O)CC1. The van der Waals surface area contributed by atoms with E-state index >= 15 is 0 Å². The molecule has 1 aliphatic rings. The lowest BCUT2D eigenvalue weighted by molar-refractivity contribution is -0.137. The van der Waals surface area contributed by atoms with Gasteiger partial charge in [0.05, 0.1) is 13.2 Å². The Bertz CT molecular complexity index is 446.